The Kier molecular flexibility index (Phi) is 4.53. The molecule has 0 spiro atoms. The van der Waals surface area contributed by atoms with Crippen LogP contribution in [0.15, 0.2) is 9.31 Å². The molecule has 0 aliphatic carbocycles. The van der Waals surface area contributed by atoms with E-state index in [1.54, 1.807) is 18.3 Å². The minimum Gasteiger partial charge on any atom is -0.465 e. The number of rotatable bonds is 4. The van der Waals surface area contributed by atoms with Gasteiger partial charge in [0.25, 0.3) is 0 Å². The highest BCUT2D eigenvalue weighted by Crippen LogP contribution is 2.29. The number of nitrogens with one attached hydrogen (secondary N) is 1. The predicted octanol–water partition coefficient (Wildman–Crippen LogP) is 0.552. The number of sulfonamides is 1. The Morgan fingerprint density at radius 1 is 1.15 bits per heavy atom. The molecule has 0 amide bonds. The van der Waals surface area contributed by atoms with E-state index in [0.29, 0.717) is 36.1 Å². The highest BCUT2D eigenvalue weighted by atomic mass is 32.2. The van der Waals surface area contributed by atoms with Crippen LogP contribution in [0.25, 0.3) is 0 Å². The second kappa shape index (κ2) is 5.85. The minimum absolute atomic E-state index is 0.342. The topological polar surface area (TPSA) is 65.8 Å². The first-order valence-electron chi connectivity index (χ1n) is 6.80. The van der Waals surface area contributed by atoms with Crippen molar-refractivity contribution >= 4 is 10.0 Å². The zero-order valence-electron chi connectivity index (χ0n) is 12.6. The number of hydrogen-bond donors (Lipinski definition) is 1. The molecule has 1 aliphatic heterocycles. The summed E-state index contributed by atoms with van der Waals surface area (Å²) in [5, 5.41) is 3.01. The number of aryl methyl sites for hydroxylation is 2. The molecule has 20 heavy (non-hydrogen) atoms. The molecule has 1 fully saturated rings. The molecule has 0 unspecified atom stereocenters. The van der Waals surface area contributed by atoms with Gasteiger partial charge in [0.05, 0.1) is 0 Å². The average Bonchev–Trinajstić information content (AvgIpc) is 2.66. The van der Waals surface area contributed by atoms with Crippen molar-refractivity contribution in [2.24, 2.45) is 0 Å². The van der Waals surface area contributed by atoms with Crippen LogP contribution >= 0.6 is 0 Å². The summed E-state index contributed by atoms with van der Waals surface area (Å²) in [6.07, 6.45) is 0. The van der Waals surface area contributed by atoms with Crippen molar-refractivity contribution in [3.8, 4) is 0 Å². The van der Waals surface area contributed by atoms with Gasteiger partial charge in [-0.05, 0) is 27.9 Å². The first kappa shape index (κ1) is 15.5. The van der Waals surface area contributed by atoms with Crippen molar-refractivity contribution in [1.29, 1.82) is 0 Å². The van der Waals surface area contributed by atoms with Gasteiger partial charge in [0.2, 0.25) is 10.0 Å². The van der Waals surface area contributed by atoms with E-state index in [-0.39, 0.29) is 0 Å². The Labute approximate surface area is 120 Å². The molecule has 6 nitrogen and oxygen atoms in total. The third-order valence-electron chi connectivity index (χ3n) is 3.74. The van der Waals surface area contributed by atoms with Gasteiger partial charge in [-0.15, -0.1) is 0 Å². The van der Waals surface area contributed by atoms with Gasteiger partial charge >= 0.3 is 0 Å². The molecule has 0 radical (unpaired) electrons. The normalized spacial score (nSPS) is 18.6. The van der Waals surface area contributed by atoms with Crippen molar-refractivity contribution in [3.05, 3.63) is 17.1 Å². The van der Waals surface area contributed by atoms with E-state index in [0.717, 1.165) is 18.7 Å². The number of nitrogens with zero attached hydrogens (tertiary/aromatic N) is 2. The summed E-state index contributed by atoms with van der Waals surface area (Å²) < 4.78 is 32.8. The zero-order valence-corrected chi connectivity index (χ0v) is 13.4. The molecule has 1 aromatic rings. The second-order valence-electron chi connectivity index (χ2n) is 5.26. The van der Waals surface area contributed by atoms with E-state index < -0.39 is 10.0 Å². The van der Waals surface area contributed by atoms with Crippen LogP contribution < -0.4 is 5.32 Å². The van der Waals surface area contributed by atoms with E-state index >= 15 is 0 Å². The van der Waals surface area contributed by atoms with Crippen LogP contribution in [-0.4, -0.2) is 57.9 Å². The number of likely N-dealkylation sites (N-methyl/N-ethyl adjacent to an activating group) is 1. The van der Waals surface area contributed by atoms with E-state index in [1.165, 1.54) is 0 Å². The maximum absolute atomic E-state index is 12.8. The summed E-state index contributed by atoms with van der Waals surface area (Å²) in [4.78, 5) is 2.47. The van der Waals surface area contributed by atoms with Gasteiger partial charge in [0, 0.05) is 38.3 Å². The van der Waals surface area contributed by atoms with Gasteiger partial charge < -0.3 is 14.6 Å². The van der Waals surface area contributed by atoms with Crippen LogP contribution in [0.4, 0.5) is 0 Å². The molecular weight excluding hydrogens is 278 g/mol. The number of piperazine rings is 1. The van der Waals surface area contributed by atoms with Crippen LogP contribution in [0.1, 0.15) is 17.1 Å². The SMILES string of the molecule is CNCc1c(C)oc(C)c1S(=O)(=O)N1CCN(C)CC1. The van der Waals surface area contributed by atoms with Gasteiger partial charge in [-0.2, -0.15) is 4.31 Å². The van der Waals surface area contributed by atoms with Crippen LogP contribution in [0.3, 0.4) is 0 Å². The summed E-state index contributed by atoms with van der Waals surface area (Å²) in [6.45, 7) is 6.60. The summed E-state index contributed by atoms with van der Waals surface area (Å²) >= 11 is 0. The quantitative estimate of drug-likeness (QED) is 0.880. The summed E-state index contributed by atoms with van der Waals surface area (Å²) in [6, 6.07) is 0. The predicted molar refractivity (Wildman–Crippen MR) is 77.2 cm³/mol. The van der Waals surface area contributed by atoms with Crippen LogP contribution in [0.5, 0.6) is 0 Å². The third-order valence-corrected chi connectivity index (χ3v) is 5.83. The molecule has 114 valence electrons. The smallest absolute Gasteiger partial charge is 0.246 e. The lowest BCUT2D eigenvalue weighted by atomic mass is 10.2. The Bertz CT molecular complexity index is 572. The van der Waals surface area contributed by atoms with E-state index in [1.807, 2.05) is 14.0 Å². The summed E-state index contributed by atoms with van der Waals surface area (Å²) in [7, 11) is 0.328. The van der Waals surface area contributed by atoms with Gasteiger partial charge in [-0.25, -0.2) is 8.42 Å². The molecule has 1 aromatic heterocycles. The average molecular weight is 301 g/mol. The van der Waals surface area contributed by atoms with Gasteiger partial charge in [0.1, 0.15) is 16.4 Å². The highest BCUT2D eigenvalue weighted by molar-refractivity contribution is 7.89. The number of hydrogen-bond acceptors (Lipinski definition) is 5. The molecule has 0 aromatic carbocycles. The maximum atomic E-state index is 12.8. The van der Waals surface area contributed by atoms with Crippen molar-refractivity contribution in [2.45, 2.75) is 25.3 Å². The second-order valence-corrected chi connectivity index (χ2v) is 7.13. The van der Waals surface area contributed by atoms with Crippen molar-refractivity contribution in [1.82, 2.24) is 14.5 Å². The Morgan fingerprint density at radius 3 is 2.30 bits per heavy atom. The van der Waals surface area contributed by atoms with Crippen molar-refractivity contribution in [2.75, 3.05) is 40.3 Å². The summed E-state index contributed by atoms with van der Waals surface area (Å²) in [5.74, 6) is 1.15. The van der Waals surface area contributed by atoms with Gasteiger partial charge in [-0.1, -0.05) is 0 Å². The number of furan rings is 1. The molecule has 1 saturated heterocycles. The molecular formula is C13H23N3O3S. The van der Waals surface area contributed by atoms with E-state index in [9.17, 15) is 8.42 Å². The Hall–Kier alpha value is -0.890. The fourth-order valence-electron chi connectivity index (χ4n) is 2.59. The molecule has 0 bridgehead atoms. The largest absolute Gasteiger partial charge is 0.465 e. The molecule has 1 aliphatic rings. The lowest BCUT2D eigenvalue weighted by Gasteiger charge is -2.31. The molecule has 0 atom stereocenters. The molecule has 2 rings (SSSR count). The standard InChI is InChI=1S/C13H23N3O3S/c1-10-12(9-14-3)13(11(2)19-10)20(17,18)16-7-5-15(4)6-8-16/h14H,5-9H2,1-4H3. The Balaban J connectivity index is 2.39. The van der Waals surface area contributed by atoms with E-state index in [4.69, 9.17) is 4.42 Å². The summed E-state index contributed by atoms with van der Waals surface area (Å²) in [5.41, 5.74) is 0.740. The molecule has 0 saturated carbocycles. The van der Waals surface area contributed by atoms with Crippen molar-refractivity contribution < 1.29 is 12.8 Å². The maximum Gasteiger partial charge on any atom is 0.246 e. The first-order valence-corrected chi connectivity index (χ1v) is 8.24. The van der Waals surface area contributed by atoms with Crippen LogP contribution in [0.2, 0.25) is 0 Å². The monoisotopic (exact) mass is 301 g/mol. The highest BCUT2D eigenvalue weighted by Gasteiger charge is 2.33. The van der Waals surface area contributed by atoms with Crippen LogP contribution in [0, 0.1) is 13.8 Å². The molecule has 7 heteroatoms. The van der Waals surface area contributed by atoms with Gasteiger partial charge in [-0.3, -0.25) is 0 Å². The first-order chi connectivity index (χ1) is 9.37. The minimum atomic E-state index is -3.48. The fraction of sp³-hybridized carbons (Fsp3) is 0.692. The Morgan fingerprint density at radius 2 is 1.75 bits per heavy atom. The molecule has 1 N–H and O–H groups in total. The van der Waals surface area contributed by atoms with Crippen molar-refractivity contribution in [3.63, 3.8) is 0 Å². The fourth-order valence-corrected chi connectivity index (χ4v) is 4.42. The lowest BCUT2D eigenvalue weighted by Crippen LogP contribution is -2.47. The third kappa shape index (κ3) is 2.76. The molecule has 2 heterocycles. The zero-order chi connectivity index (χ0) is 14.9. The van der Waals surface area contributed by atoms with Crippen LogP contribution in [-0.2, 0) is 16.6 Å². The van der Waals surface area contributed by atoms with E-state index in [2.05, 4.69) is 10.2 Å². The lowest BCUT2D eigenvalue weighted by molar-refractivity contribution is 0.222. The van der Waals surface area contributed by atoms with Gasteiger partial charge in [0.15, 0.2) is 0 Å².